The first-order valence-corrected chi connectivity index (χ1v) is 6.87. The average molecular weight is 318 g/mol. The van der Waals surface area contributed by atoms with Gasteiger partial charge in [-0.3, -0.25) is 9.59 Å². The van der Waals surface area contributed by atoms with Gasteiger partial charge in [0.05, 0.1) is 14.6 Å². The molecule has 0 spiro atoms. The van der Waals surface area contributed by atoms with E-state index in [2.05, 4.69) is 15.9 Å². The summed E-state index contributed by atoms with van der Waals surface area (Å²) in [5.74, 6) is -1.32. The van der Waals surface area contributed by atoms with Crippen LogP contribution in [0.25, 0.3) is 0 Å². The molecule has 17 heavy (non-hydrogen) atoms. The number of nitrogens with zero attached hydrogens (tertiary/aromatic N) is 1. The fourth-order valence-electron chi connectivity index (χ4n) is 2.04. The van der Waals surface area contributed by atoms with Crippen LogP contribution in [0.4, 0.5) is 0 Å². The number of halogens is 1. The normalized spacial score (nSPS) is 24.0. The molecule has 92 valence electrons. The van der Waals surface area contributed by atoms with Gasteiger partial charge in [0.2, 0.25) is 0 Å². The summed E-state index contributed by atoms with van der Waals surface area (Å²) in [6, 6.07) is 3.59. The Labute approximate surface area is 111 Å². The molecule has 1 fully saturated rings. The van der Waals surface area contributed by atoms with Gasteiger partial charge < -0.3 is 10.0 Å². The Morgan fingerprint density at radius 1 is 1.47 bits per heavy atom. The van der Waals surface area contributed by atoms with Crippen LogP contribution in [0, 0.1) is 11.8 Å². The van der Waals surface area contributed by atoms with Crippen LogP contribution in [-0.2, 0) is 4.79 Å². The maximum Gasteiger partial charge on any atom is 0.308 e. The molecule has 0 radical (unpaired) electrons. The van der Waals surface area contributed by atoms with Crippen molar-refractivity contribution in [2.24, 2.45) is 11.8 Å². The number of hydrogen-bond donors (Lipinski definition) is 1. The van der Waals surface area contributed by atoms with Gasteiger partial charge in [-0.1, -0.05) is 6.92 Å². The SMILES string of the molecule is CC1CN(C(=O)c2ccc(Br)s2)CC1C(=O)O. The van der Waals surface area contributed by atoms with Crippen LogP contribution < -0.4 is 0 Å². The van der Waals surface area contributed by atoms with Crippen LogP contribution >= 0.6 is 27.3 Å². The third kappa shape index (κ3) is 2.52. The highest BCUT2D eigenvalue weighted by molar-refractivity contribution is 9.11. The molecule has 6 heteroatoms. The number of hydrogen-bond acceptors (Lipinski definition) is 3. The number of carbonyl (C=O) groups excluding carboxylic acids is 1. The van der Waals surface area contributed by atoms with Gasteiger partial charge in [-0.15, -0.1) is 11.3 Å². The number of rotatable bonds is 2. The lowest BCUT2D eigenvalue weighted by Gasteiger charge is -2.14. The van der Waals surface area contributed by atoms with Crippen LogP contribution in [0.2, 0.25) is 0 Å². The van der Waals surface area contributed by atoms with Gasteiger partial charge in [-0.05, 0) is 34.0 Å². The van der Waals surface area contributed by atoms with E-state index in [-0.39, 0.29) is 11.8 Å². The summed E-state index contributed by atoms with van der Waals surface area (Å²) in [7, 11) is 0. The average Bonchev–Trinajstić information content (AvgIpc) is 2.83. The molecule has 2 rings (SSSR count). The molecule has 2 heterocycles. The number of carboxylic acid groups (broad SMARTS) is 1. The van der Waals surface area contributed by atoms with E-state index < -0.39 is 11.9 Å². The molecular weight excluding hydrogens is 306 g/mol. The maximum atomic E-state index is 12.1. The first-order chi connectivity index (χ1) is 7.99. The van der Waals surface area contributed by atoms with E-state index in [0.717, 1.165) is 3.79 Å². The Bertz CT molecular complexity index is 459. The Morgan fingerprint density at radius 3 is 2.65 bits per heavy atom. The largest absolute Gasteiger partial charge is 0.481 e. The van der Waals surface area contributed by atoms with Crippen LogP contribution in [0.1, 0.15) is 16.6 Å². The molecule has 2 unspecified atom stereocenters. The maximum absolute atomic E-state index is 12.1. The number of carbonyl (C=O) groups is 2. The summed E-state index contributed by atoms with van der Waals surface area (Å²) >= 11 is 4.68. The van der Waals surface area contributed by atoms with Crippen molar-refractivity contribution >= 4 is 39.1 Å². The lowest BCUT2D eigenvalue weighted by atomic mass is 9.99. The van der Waals surface area contributed by atoms with Gasteiger partial charge in [0, 0.05) is 13.1 Å². The topological polar surface area (TPSA) is 57.6 Å². The summed E-state index contributed by atoms with van der Waals surface area (Å²) in [5, 5.41) is 9.02. The lowest BCUT2D eigenvalue weighted by molar-refractivity contribution is -0.142. The molecule has 1 aromatic heterocycles. The van der Waals surface area contributed by atoms with Crippen molar-refractivity contribution in [2.75, 3.05) is 13.1 Å². The van der Waals surface area contributed by atoms with Gasteiger partial charge >= 0.3 is 5.97 Å². The number of likely N-dealkylation sites (tertiary alicyclic amines) is 1. The molecule has 0 saturated carbocycles. The van der Waals surface area contributed by atoms with E-state index in [1.165, 1.54) is 11.3 Å². The first kappa shape index (κ1) is 12.6. The van der Waals surface area contributed by atoms with Gasteiger partial charge in [0.1, 0.15) is 0 Å². The van der Waals surface area contributed by atoms with E-state index in [1.54, 1.807) is 11.0 Å². The number of amides is 1. The third-order valence-corrected chi connectivity index (χ3v) is 4.61. The highest BCUT2D eigenvalue weighted by Crippen LogP contribution is 2.28. The van der Waals surface area contributed by atoms with E-state index in [0.29, 0.717) is 18.0 Å². The van der Waals surface area contributed by atoms with Crippen molar-refractivity contribution in [1.82, 2.24) is 4.90 Å². The lowest BCUT2D eigenvalue weighted by Crippen LogP contribution is -2.29. The first-order valence-electron chi connectivity index (χ1n) is 5.26. The molecule has 1 aromatic rings. The molecule has 1 amide bonds. The molecule has 2 atom stereocenters. The molecule has 1 N–H and O–H groups in total. The highest BCUT2D eigenvalue weighted by Gasteiger charge is 2.37. The minimum Gasteiger partial charge on any atom is -0.481 e. The third-order valence-electron chi connectivity index (χ3n) is 3.00. The van der Waals surface area contributed by atoms with Gasteiger partial charge in [-0.2, -0.15) is 0 Å². The summed E-state index contributed by atoms with van der Waals surface area (Å²) in [6.07, 6.45) is 0. The van der Waals surface area contributed by atoms with Crippen molar-refractivity contribution < 1.29 is 14.7 Å². The predicted molar refractivity (Wildman–Crippen MR) is 68.2 cm³/mol. The van der Waals surface area contributed by atoms with Crippen molar-refractivity contribution in [3.8, 4) is 0 Å². The molecule has 1 saturated heterocycles. The van der Waals surface area contributed by atoms with Crippen molar-refractivity contribution in [2.45, 2.75) is 6.92 Å². The van der Waals surface area contributed by atoms with Crippen LogP contribution in [0.5, 0.6) is 0 Å². The minimum absolute atomic E-state index is 0.0138. The molecule has 0 bridgehead atoms. The van der Waals surface area contributed by atoms with Crippen molar-refractivity contribution in [3.05, 3.63) is 20.8 Å². The van der Waals surface area contributed by atoms with Crippen LogP contribution in [0.15, 0.2) is 15.9 Å². The summed E-state index contributed by atoms with van der Waals surface area (Å²) in [6.45, 7) is 2.70. The molecule has 1 aliphatic heterocycles. The van der Waals surface area contributed by atoms with Gasteiger partial charge in [-0.25, -0.2) is 0 Å². The Hall–Kier alpha value is -0.880. The summed E-state index contributed by atoms with van der Waals surface area (Å²) in [5.41, 5.74) is 0. The smallest absolute Gasteiger partial charge is 0.308 e. The Morgan fingerprint density at radius 2 is 2.18 bits per heavy atom. The Balaban J connectivity index is 2.10. The molecule has 4 nitrogen and oxygen atoms in total. The zero-order valence-corrected chi connectivity index (χ0v) is 11.6. The quantitative estimate of drug-likeness (QED) is 0.910. The van der Waals surface area contributed by atoms with Gasteiger partial charge in [0.15, 0.2) is 0 Å². The standard InChI is InChI=1S/C11H12BrNO3S/c1-6-4-13(5-7(6)11(15)16)10(14)8-2-3-9(12)17-8/h2-3,6-7H,4-5H2,1H3,(H,15,16). The fourth-order valence-corrected chi connectivity index (χ4v) is 3.39. The van der Waals surface area contributed by atoms with Crippen molar-refractivity contribution in [3.63, 3.8) is 0 Å². The zero-order valence-electron chi connectivity index (χ0n) is 9.22. The monoisotopic (exact) mass is 317 g/mol. The van der Waals surface area contributed by atoms with Crippen LogP contribution in [-0.4, -0.2) is 35.0 Å². The second-order valence-corrected chi connectivity index (χ2v) is 6.70. The van der Waals surface area contributed by atoms with Gasteiger partial charge in [0.25, 0.3) is 5.91 Å². The molecule has 0 aliphatic carbocycles. The molecule has 0 aromatic carbocycles. The fraction of sp³-hybridized carbons (Fsp3) is 0.455. The minimum atomic E-state index is -0.819. The molecular formula is C11H12BrNO3S. The zero-order chi connectivity index (χ0) is 12.6. The second-order valence-electron chi connectivity index (χ2n) is 4.24. The summed E-state index contributed by atoms with van der Waals surface area (Å²) in [4.78, 5) is 25.3. The number of aliphatic carboxylic acids is 1. The highest BCUT2D eigenvalue weighted by atomic mass is 79.9. The van der Waals surface area contributed by atoms with E-state index in [4.69, 9.17) is 5.11 Å². The summed E-state index contributed by atoms with van der Waals surface area (Å²) < 4.78 is 0.905. The van der Waals surface area contributed by atoms with Crippen LogP contribution in [0.3, 0.4) is 0 Å². The van der Waals surface area contributed by atoms with E-state index in [1.807, 2.05) is 13.0 Å². The predicted octanol–water partition coefficient (Wildman–Crippen LogP) is 2.30. The Kier molecular flexibility index (Phi) is 3.53. The number of thiophene rings is 1. The molecule has 1 aliphatic rings. The van der Waals surface area contributed by atoms with E-state index >= 15 is 0 Å². The second kappa shape index (κ2) is 4.78. The van der Waals surface area contributed by atoms with E-state index in [9.17, 15) is 9.59 Å². The number of carboxylic acids is 1. The van der Waals surface area contributed by atoms with Crippen molar-refractivity contribution in [1.29, 1.82) is 0 Å².